The lowest BCUT2D eigenvalue weighted by Gasteiger charge is -2.22. The van der Waals surface area contributed by atoms with Crippen LogP contribution in [0.4, 0.5) is 5.69 Å². The molecule has 2 aliphatic rings. The minimum Gasteiger partial charge on any atom is -0.490 e. The number of nitrogens with zero attached hydrogens (tertiary/aromatic N) is 3. The van der Waals surface area contributed by atoms with Crippen molar-refractivity contribution in [3.05, 3.63) is 40.9 Å². The van der Waals surface area contributed by atoms with E-state index in [-0.39, 0.29) is 30.7 Å². The molecular weight excluding hydrogens is 400 g/mol. The molecule has 7 nitrogen and oxygen atoms in total. The summed E-state index contributed by atoms with van der Waals surface area (Å²) in [6.07, 6.45) is 2.00. The highest BCUT2D eigenvalue weighted by Crippen LogP contribution is 2.43. The summed E-state index contributed by atoms with van der Waals surface area (Å²) in [5, 5.41) is 12.8. The van der Waals surface area contributed by atoms with E-state index in [1.54, 1.807) is 19.2 Å². The highest BCUT2D eigenvalue weighted by atomic mass is 32.1. The van der Waals surface area contributed by atoms with Crippen LogP contribution >= 0.6 is 11.3 Å². The second kappa shape index (κ2) is 7.11. The molecule has 1 N–H and O–H groups in total. The number of rotatable bonds is 3. The Labute approximate surface area is 176 Å². The summed E-state index contributed by atoms with van der Waals surface area (Å²) >= 11 is 1.51. The van der Waals surface area contributed by atoms with E-state index < -0.39 is 0 Å². The average Bonchev–Trinajstić information content (AvgIpc) is 3.28. The number of aromatic nitrogens is 1. The van der Waals surface area contributed by atoms with Gasteiger partial charge in [0.1, 0.15) is 12.4 Å². The standard InChI is InChI=1S/C22H18N4O3S/c1-12-6-19(27)26(22(12)28)11-14-9-17-21(30-14)15(2-3-24-17)16-7-13(10-23)8-18-20(16)25-4-5-29-18/h2-3,7-9,12,25H,4-6,11H2,1H3. The van der Waals surface area contributed by atoms with E-state index in [1.807, 2.05) is 18.2 Å². The molecule has 0 radical (unpaired) electrons. The first-order valence-corrected chi connectivity index (χ1v) is 10.5. The second-order valence-corrected chi connectivity index (χ2v) is 8.63. The fourth-order valence-electron chi connectivity index (χ4n) is 3.97. The number of anilines is 1. The molecule has 150 valence electrons. The molecule has 3 aromatic rings. The molecule has 1 fully saturated rings. The van der Waals surface area contributed by atoms with E-state index in [0.717, 1.165) is 31.9 Å². The number of pyridine rings is 1. The molecule has 0 aliphatic carbocycles. The SMILES string of the molecule is CC1CC(=O)N(Cc2cc3nccc(-c4cc(C#N)cc5c4NCCO5)c3s2)C1=O. The molecule has 8 heteroatoms. The third-order valence-electron chi connectivity index (χ3n) is 5.43. The zero-order valence-corrected chi connectivity index (χ0v) is 17.1. The zero-order valence-electron chi connectivity index (χ0n) is 16.3. The van der Waals surface area contributed by atoms with Gasteiger partial charge in [0, 0.05) is 47.2 Å². The molecular formula is C22H18N4O3S. The number of amides is 2. The Morgan fingerprint density at radius 3 is 2.97 bits per heavy atom. The monoisotopic (exact) mass is 418 g/mol. The summed E-state index contributed by atoms with van der Waals surface area (Å²) in [4.78, 5) is 31.2. The first-order valence-electron chi connectivity index (χ1n) is 9.72. The maximum Gasteiger partial charge on any atom is 0.232 e. The Kier molecular flexibility index (Phi) is 4.40. The number of nitriles is 1. The molecule has 1 unspecified atom stereocenters. The van der Waals surface area contributed by atoms with Crippen LogP contribution in [0.15, 0.2) is 30.5 Å². The zero-order chi connectivity index (χ0) is 20.8. The highest BCUT2D eigenvalue weighted by molar-refractivity contribution is 7.19. The van der Waals surface area contributed by atoms with Gasteiger partial charge in [0.25, 0.3) is 0 Å². The highest BCUT2D eigenvalue weighted by Gasteiger charge is 2.35. The second-order valence-electron chi connectivity index (χ2n) is 7.49. The van der Waals surface area contributed by atoms with Crippen LogP contribution < -0.4 is 10.1 Å². The topological polar surface area (TPSA) is 95.3 Å². The number of nitrogens with one attached hydrogen (secondary N) is 1. The first-order chi connectivity index (χ1) is 14.5. The van der Waals surface area contributed by atoms with Crippen molar-refractivity contribution in [1.82, 2.24) is 9.88 Å². The smallest absolute Gasteiger partial charge is 0.232 e. The lowest BCUT2D eigenvalue weighted by molar-refractivity contribution is -0.139. The normalized spacial score (nSPS) is 18.1. The van der Waals surface area contributed by atoms with Crippen molar-refractivity contribution in [2.45, 2.75) is 19.9 Å². The minimum absolute atomic E-state index is 0.122. The Morgan fingerprint density at radius 2 is 2.20 bits per heavy atom. The number of carbonyl (C=O) groups is 2. The van der Waals surface area contributed by atoms with E-state index in [4.69, 9.17) is 4.74 Å². The molecule has 1 aromatic carbocycles. The van der Waals surface area contributed by atoms with Crippen molar-refractivity contribution in [2.75, 3.05) is 18.5 Å². The molecule has 4 heterocycles. The van der Waals surface area contributed by atoms with Crippen LogP contribution in [0.2, 0.25) is 0 Å². The molecule has 2 aliphatic heterocycles. The van der Waals surface area contributed by atoms with Gasteiger partial charge in [-0.25, -0.2) is 0 Å². The van der Waals surface area contributed by atoms with Gasteiger partial charge in [0.15, 0.2) is 0 Å². The van der Waals surface area contributed by atoms with Gasteiger partial charge in [-0.05, 0) is 18.2 Å². The third kappa shape index (κ3) is 2.99. The van der Waals surface area contributed by atoms with E-state index in [1.165, 1.54) is 16.2 Å². The number of fused-ring (bicyclic) bond motifs is 2. The average molecular weight is 418 g/mol. The maximum atomic E-state index is 12.3. The first kappa shape index (κ1) is 18.6. The van der Waals surface area contributed by atoms with Crippen molar-refractivity contribution in [3.8, 4) is 22.9 Å². The number of likely N-dealkylation sites (tertiary alicyclic amines) is 1. The predicted octanol–water partition coefficient (Wildman–Crippen LogP) is 3.53. The van der Waals surface area contributed by atoms with Crippen molar-refractivity contribution >= 4 is 39.1 Å². The van der Waals surface area contributed by atoms with Gasteiger partial charge in [-0.1, -0.05) is 6.92 Å². The van der Waals surface area contributed by atoms with Crippen molar-refractivity contribution in [1.29, 1.82) is 5.26 Å². The number of hydrogen-bond donors (Lipinski definition) is 1. The van der Waals surface area contributed by atoms with Crippen LogP contribution in [0.3, 0.4) is 0 Å². The van der Waals surface area contributed by atoms with Crippen molar-refractivity contribution < 1.29 is 14.3 Å². The fraction of sp³-hybridized carbons (Fsp3) is 0.273. The molecule has 1 atom stereocenters. The van der Waals surface area contributed by atoms with E-state index in [2.05, 4.69) is 16.4 Å². The molecule has 5 rings (SSSR count). The van der Waals surface area contributed by atoms with Gasteiger partial charge in [-0.15, -0.1) is 11.3 Å². The van der Waals surface area contributed by atoms with Crippen LogP contribution in [0.1, 0.15) is 23.8 Å². The maximum absolute atomic E-state index is 12.3. The summed E-state index contributed by atoms with van der Waals surface area (Å²) in [6, 6.07) is 9.65. The van der Waals surface area contributed by atoms with Crippen LogP contribution in [0, 0.1) is 17.2 Å². The van der Waals surface area contributed by atoms with E-state index >= 15 is 0 Å². The number of hydrogen-bond acceptors (Lipinski definition) is 7. The predicted molar refractivity (Wildman–Crippen MR) is 113 cm³/mol. The van der Waals surface area contributed by atoms with Crippen LogP contribution in [0.25, 0.3) is 21.3 Å². The van der Waals surface area contributed by atoms with E-state index in [9.17, 15) is 14.9 Å². The Bertz CT molecular complexity index is 1240. The Hall–Kier alpha value is -3.44. The lowest BCUT2D eigenvalue weighted by atomic mass is 10.00. The fourth-order valence-corrected chi connectivity index (χ4v) is 5.10. The molecule has 30 heavy (non-hydrogen) atoms. The van der Waals surface area contributed by atoms with Crippen LogP contribution in [0.5, 0.6) is 5.75 Å². The van der Waals surface area contributed by atoms with Crippen LogP contribution in [-0.2, 0) is 16.1 Å². The van der Waals surface area contributed by atoms with E-state index in [0.29, 0.717) is 24.5 Å². The number of thiophene rings is 1. The van der Waals surface area contributed by atoms with Gasteiger partial charge < -0.3 is 10.1 Å². The molecule has 1 saturated heterocycles. The van der Waals surface area contributed by atoms with Crippen molar-refractivity contribution in [3.63, 3.8) is 0 Å². The molecule has 0 saturated carbocycles. The van der Waals surface area contributed by atoms with Gasteiger partial charge in [-0.3, -0.25) is 19.5 Å². The number of carbonyl (C=O) groups excluding carboxylic acids is 2. The molecule has 0 spiro atoms. The lowest BCUT2D eigenvalue weighted by Crippen LogP contribution is -2.29. The largest absolute Gasteiger partial charge is 0.490 e. The third-order valence-corrected chi connectivity index (χ3v) is 6.57. The Balaban J connectivity index is 1.60. The molecule has 0 bridgehead atoms. The molecule has 2 aromatic heterocycles. The summed E-state index contributed by atoms with van der Waals surface area (Å²) in [6.45, 7) is 3.28. The summed E-state index contributed by atoms with van der Waals surface area (Å²) in [5.74, 6) is 0.157. The summed E-state index contributed by atoms with van der Waals surface area (Å²) in [5.41, 5.74) is 4.01. The van der Waals surface area contributed by atoms with Gasteiger partial charge in [0.05, 0.1) is 34.1 Å². The number of imide groups is 1. The Morgan fingerprint density at radius 1 is 1.33 bits per heavy atom. The van der Waals surface area contributed by atoms with Crippen LogP contribution in [-0.4, -0.2) is 34.8 Å². The van der Waals surface area contributed by atoms with Gasteiger partial charge in [-0.2, -0.15) is 5.26 Å². The van der Waals surface area contributed by atoms with Gasteiger partial charge >= 0.3 is 0 Å². The summed E-state index contributed by atoms with van der Waals surface area (Å²) < 4.78 is 6.71. The minimum atomic E-state index is -0.258. The number of ether oxygens (including phenoxy) is 1. The molecule has 2 amide bonds. The number of benzene rings is 1. The summed E-state index contributed by atoms with van der Waals surface area (Å²) in [7, 11) is 0. The quantitative estimate of drug-likeness (QED) is 0.654. The van der Waals surface area contributed by atoms with Gasteiger partial charge in [0.2, 0.25) is 11.8 Å². The van der Waals surface area contributed by atoms with Crippen molar-refractivity contribution in [2.24, 2.45) is 5.92 Å².